The Morgan fingerprint density at radius 1 is 1.50 bits per heavy atom. The molecule has 0 saturated carbocycles. The van der Waals surface area contributed by atoms with Gasteiger partial charge in [0.1, 0.15) is 5.82 Å². The lowest BCUT2D eigenvalue weighted by molar-refractivity contribution is -0.116. The first-order valence-corrected chi connectivity index (χ1v) is 5.47. The summed E-state index contributed by atoms with van der Waals surface area (Å²) in [6.45, 7) is 0.447. The third kappa shape index (κ3) is 3.07. The molecule has 1 amide bonds. The van der Waals surface area contributed by atoms with Gasteiger partial charge in [-0.3, -0.25) is 9.48 Å². The van der Waals surface area contributed by atoms with Gasteiger partial charge in [0.2, 0.25) is 5.91 Å². The van der Waals surface area contributed by atoms with Gasteiger partial charge in [0.05, 0.1) is 5.69 Å². The summed E-state index contributed by atoms with van der Waals surface area (Å²) in [5.41, 5.74) is 6.02. The van der Waals surface area contributed by atoms with Gasteiger partial charge in [0.15, 0.2) is 0 Å². The molecule has 1 aromatic heterocycles. The second-order valence-corrected chi connectivity index (χ2v) is 3.81. The number of rotatable bonds is 4. The van der Waals surface area contributed by atoms with E-state index in [1.165, 1.54) is 18.2 Å². The van der Waals surface area contributed by atoms with Crippen molar-refractivity contribution in [2.24, 2.45) is 0 Å². The highest BCUT2D eigenvalue weighted by molar-refractivity contribution is 5.91. The number of aryl methyl sites for hydroxylation is 1. The van der Waals surface area contributed by atoms with E-state index in [2.05, 4.69) is 10.4 Å². The number of amides is 1. The number of aromatic nitrogens is 2. The molecule has 1 heterocycles. The van der Waals surface area contributed by atoms with Crippen LogP contribution in [0.25, 0.3) is 0 Å². The maximum absolute atomic E-state index is 13.4. The van der Waals surface area contributed by atoms with Crippen molar-refractivity contribution in [3.05, 3.63) is 42.5 Å². The molecule has 2 rings (SSSR count). The highest BCUT2D eigenvalue weighted by atomic mass is 19.1. The van der Waals surface area contributed by atoms with Crippen molar-refractivity contribution in [2.75, 3.05) is 11.1 Å². The average Bonchev–Trinajstić information content (AvgIpc) is 2.84. The zero-order valence-electron chi connectivity index (χ0n) is 9.64. The number of carbonyl (C=O) groups is 1. The average molecular weight is 248 g/mol. The van der Waals surface area contributed by atoms with Crippen molar-refractivity contribution in [1.29, 1.82) is 0 Å². The van der Waals surface area contributed by atoms with Gasteiger partial charge in [0.25, 0.3) is 0 Å². The number of nitrogens with one attached hydrogen (secondary N) is 1. The molecule has 0 spiro atoms. The van der Waals surface area contributed by atoms with E-state index < -0.39 is 5.82 Å². The number of nitrogens with two attached hydrogens (primary N) is 1. The van der Waals surface area contributed by atoms with Crippen molar-refractivity contribution in [2.45, 2.75) is 13.0 Å². The Kier molecular flexibility index (Phi) is 3.57. The molecule has 0 fully saturated rings. The molecule has 1 aromatic carbocycles. The molecule has 0 unspecified atom stereocenters. The fourth-order valence-electron chi connectivity index (χ4n) is 1.50. The van der Waals surface area contributed by atoms with E-state index in [-0.39, 0.29) is 18.0 Å². The molecular weight excluding hydrogens is 235 g/mol. The molecule has 6 heteroatoms. The smallest absolute Gasteiger partial charge is 0.226 e. The molecule has 18 heavy (non-hydrogen) atoms. The summed E-state index contributed by atoms with van der Waals surface area (Å²) in [7, 11) is 0. The highest BCUT2D eigenvalue weighted by Gasteiger charge is 2.07. The van der Waals surface area contributed by atoms with Gasteiger partial charge in [-0.2, -0.15) is 5.10 Å². The van der Waals surface area contributed by atoms with Crippen molar-refractivity contribution in [3.8, 4) is 0 Å². The number of anilines is 2. The summed E-state index contributed by atoms with van der Waals surface area (Å²) < 4.78 is 15.0. The van der Waals surface area contributed by atoms with E-state index in [4.69, 9.17) is 5.73 Å². The minimum atomic E-state index is -0.503. The maximum atomic E-state index is 13.4. The summed E-state index contributed by atoms with van der Waals surface area (Å²) in [5.74, 6) is -0.786. The van der Waals surface area contributed by atoms with E-state index in [9.17, 15) is 9.18 Å². The fourth-order valence-corrected chi connectivity index (χ4v) is 1.50. The van der Waals surface area contributed by atoms with Gasteiger partial charge in [-0.15, -0.1) is 0 Å². The Morgan fingerprint density at radius 2 is 2.33 bits per heavy atom. The summed E-state index contributed by atoms with van der Waals surface area (Å²) in [6, 6.07) is 5.82. The van der Waals surface area contributed by atoms with Crippen LogP contribution < -0.4 is 11.1 Å². The molecule has 0 aliphatic carbocycles. The first-order chi connectivity index (χ1) is 8.65. The van der Waals surface area contributed by atoms with Gasteiger partial charge in [-0.05, 0) is 24.3 Å². The summed E-state index contributed by atoms with van der Waals surface area (Å²) in [6.07, 6.45) is 3.61. The predicted molar refractivity (Wildman–Crippen MR) is 66.3 cm³/mol. The van der Waals surface area contributed by atoms with Crippen LogP contribution in [0.15, 0.2) is 36.7 Å². The number of hydrogen-bond acceptors (Lipinski definition) is 3. The number of carbonyl (C=O) groups excluding carboxylic acids is 1. The largest absolute Gasteiger partial charge is 0.399 e. The summed E-state index contributed by atoms with van der Waals surface area (Å²) in [4.78, 5) is 11.6. The molecule has 94 valence electrons. The van der Waals surface area contributed by atoms with Crippen LogP contribution in [0, 0.1) is 5.82 Å². The van der Waals surface area contributed by atoms with Crippen LogP contribution in [-0.2, 0) is 11.3 Å². The van der Waals surface area contributed by atoms with Crippen molar-refractivity contribution < 1.29 is 9.18 Å². The standard InChI is InChI=1S/C12H13FN4O/c13-10-3-2-9(14)8-11(10)16-12(18)4-7-17-6-1-5-15-17/h1-3,5-6,8H,4,7,14H2,(H,16,18). The number of nitrogens with zero attached hydrogens (tertiary/aromatic N) is 2. The van der Waals surface area contributed by atoms with E-state index in [0.717, 1.165) is 0 Å². The molecule has 2 aromatic rings. The van der Waals surface area contributed by atoms with Crippen LogP contribution >= 0.6 is 0 Å². The van der Waals surface area contributed by atoms with E-state index >= 15 is 0 Å². The minimum absolute atomic E-state index is 0.0977. The van der Waals surface area contributed by atoms with Crippen LogP contribution in [0.1, 0.15) is 6.42 Å². The van der Waals surface area contributed by atoms with Crippen molar-refractivity contribution in [1.82, 2.24) is 9.78 Å². The number of halogens is 1. The molecule has 0 aliphatic heterocycles. The van der Waals surface area contributed by atoms with Gasteiger partial charge in [-0.25, -0.2) is 4.39 Å². The molecule has 0 saturated heterocycles. The quantitative estimate of drug-likeness (QED) is 0.808. The monoisotopic (exact) mass is 248 g/mol. The van der Waals surface area contributed by atoms with Gasteiger partial charge in [-0.1, -0.05) is 0 Å². The van der Waals surface area contributed by atoms with Crippen LogP contribution in [0.3, 0.4) is 0 Å². The Morgan fingerprint density at radius 3 is 3.06 bits per heavy atom. The van der Waals surface area contributed by atoms with Crippen molar-refractivity contribution in [3.63, 3.8) is 0 Å². The van der Waals surface area contributed by atoms with Gasteiger partial charge in [0, 0.05) is 31.0 Å². The highest BCUT2D eigenvalue weighted by Crippen LogP contribution is 2.17. The topological polar surface area (TPSA) is 72.9 Å². The Balaban J connectivity index is 1.92. The summed E-state index contributed by atoms with van der Waals surface area (Å²) >= 11 is 0. The SMILES string of the molecule is Nc1ccc(F)c(NC(=O)CCn2cccn2)c1. The number of benzene rings is 1. The Bertz CT molecular complexity index is 539. The zero-order valence-corrected chi connectivity index (χ0v) is 9.64. The molecule has 5 nitrogen and oxygen atoms in total. The first kappa shape index (κ1) is 12.1. The maximum Gasteiger partial charge on any atom is 0.226 e. The van der Waals surface area contributed by atoms with Gasteiger partial charge >= 0.3 is 0 Å². The molecule has 0 radical (unpaired) electrons. The number of nitrogen functional groups attached to an aromatic ring is 1. The zero-order chi connectivity index (χ0) is 13.0. The normalized spacial score (nSPS) is 10.3. The van der Waals surface area contributed by atoms with E-state index in [1.54, 1.807) is 23.1 Å². The molecule has 3 N–H and O–H groups in total. The van der Waals surface area contributed by atoms with E-state index in [1.807, 2.05) is 0 Å². The third-order valence-corrected chi connectivity index (χ3v) is 2.39. The lowest BCUT2D eigenvalue weighted by Gasteiger charge is -2.07. The molecule has 0 aliphatic rings. The van der Waals surface area contributed by atoms with Crippen molar-refractivity contribution >= 4 is 17.3 Å². The lowest BCUT2D eigenvalue weighted by Crippen LogP contribution is -2.15. The van der Waals surface area contributed by atoms with Gasteiger partial charge < -0.3 is 11.1 Å². The second-order valence-electron chi connectivity index (χ2n) is 3.81. The lowest BCUT2D eigenvalue weighted by atomic mass is 10.2. The minimum Gasteiger partial charge on any atom is -0.399 e. The summed E-state index contributed by atoms with van der Waals surface area (Å²) in [5, 5.41) is 6.45. The molecular formula is C12H13FN4O. The van der Waals surface area contributed by atoms with E-state index in [0.29, 0.717) is 12.2 Å². The second kappa shape index (κ2) is 5.31. The Labute approximate surface area is 103 Å². The van der Waals surface area contributed by atoms with Crippen LogP contribution in [-0.4, -0.2) is 15.7 Å². The first-order valence-electron chi connectivity index (χ1n) is 5.47. The van der Waals surface area contributed by atoms with Crippen LogP contribution in [0.5, 0.6) is 0 Å². The fraction of sp³-hybridized carbons (Fsp3) is 0.167. The predicted octanol–water partition coefficient (Wildman–Crippen LogP) is 1.63. The Hall–Kier alpha value is -2.37. The molecule has 0 atom stereocenters. The molecule has 0 bridgehead atoms. The number of hydrogen-bond donors (Lipinski definition) is 2. The van der Waals surface area contributed by atoms with Crippen LogP contribution in [0.2, 0.25) is 0 Å². The van der Waals surface area contributed by atoms with Crippen LogP contribution in [0.4, 0.5) is 15.8 Å². The third-order valence-electron chi connectivity index (χ3n) is 2.39.